The summed E-state index contributed by atoms with van der Waals surface area (Å²) in [6.07, 6.45) is 0. The molecule has 1 aromatic carbocycles. The maximum Gasteiger partial charge on any atom is 0.258 e. The molecule has 0 aliphatic heterocycles. The molecule has 0 unspecified atom stereocenters. The second kappa shape index (κ2) is 7.93. The van der Waals surface area contributed by atoms with Crippen LogP contribution in [-0.4, -0.2) is 22.2 Å². The number of ether oxygens (including phenoxy) is 1. The Bertz CT molecular complexity index is 811. The molecular weight excluding hydrogens is 326 g/mol. The van der Waals surface area contributed by atoms with Crippen LogP contribution in [-0.2, 0) is 0 Å². The van der Waals surface area contributed by atoms with Crippen molar-refractivity contribution >= 4 is 11.6 Å². The third-order valence-electron chi connectivity index (χ3n) is 3.26. The van der Waals surface area contributed by atoms with Crippen LogP contribution < -0.4 is 4.74 Å². The van der Waals surface area contributed by atoms with E-state index in [1.54, 1.807) is 13.2 Å². The van der Waals surface area contributed by atoms with Gasteiger partial charge in [0.25, 0.3) is 5.89 Å². The quantitative estimate of drug-likeness (QED) is 0.618. The fraction of sp³-hybridized carbons (Fsp3) is 0.278. The first-order chi connectivity index (χ1) is 11.6. The summed E-state index contributed by atoms with van der Waals surface area (Å²) in [7, 11) is 1.63. The molecule has 0 aliphatic carbocycles. The highest BCUT2D eigenvalue weighted by atomic mass is 35.5. The van der Waals surface area contributed by atoms with Gasteiger partial charge in [-0.2, -0.15) is 4.98 Å². The van der Waals surface area contributed by atoms with Gasteiger partial charge in [0.05, 0.1) is 7.11 Å². The normalized spacial score (nSPS) is 10.1. The minimum atomic E-state index is 0.395. The number of benzene rings is 1. The molecule has 0 amide bonds. The number of aryl methyl sites for hydroxylation is 2. The maximum absolute atomic E-state index is 5.96. The van der Waals surface area contributed by atoms with E-state index in [4.69, 9.17) is 20.9 Å². The van der Waals surface area contributed by atoms with Gasteiger partial charge in [-0.05, 0) is 37.6 Å². The van der Waals surface area contributed by atoms with Gasteiger partial charge in [0.1, 0.15) is 10.9 Å². The first-order valence-electron chi connectivity index (χ1n) is 7.70. The molecule has 0 aliphatic rings. The second-order valence-electron chi connectivity index (χ2n) is 4.93. The molecule has 126 valence electrons. The Morgan fingerprint density at radius 2 is 1.75 bits per heavy atom. The predicted molar refractivity (Wildman–Crippen MR) is 95.3 cm³/mol. The van der Waals surface area contributed by atoms with Crippen molar-refractivity contribution < 1.29 is 9.26 Å². The zero-order chi connectivity index (χ0) is 17.7. The first kappa shape index (κ1) is 17.9. The summed E-state index contributed by atoms with van der Waals surface area (Å²) in [5.74, 6) is 1.69. The minimum absolute atomic E-state index is 0.395. The monoisotopic (exact) mass is 345 g/mol. The molecule has 0 bridgehead atoms. The van der Waals surface area contributed by atoms with E-state index in [-0.39, 0.29) is 0 Å². The maximum atomic E-state index is 5.96. The zero-order valence-corrected chi connectivity index (χ0v) is 15.2. The molecule has 0 atom stereocenters. The Morgan fingerprint density at radius 3 is 2.42 bits per heavy atom. The number of hydrogen-bond donors (Lipinski definition) is 0. The van der Waals surface area contributed by atoms with E-state index in [0.717, 1.165) is 28.1 Å². The summed E-state index contributed by atoms with van der Waals surface area (Å²) < 4.78 is 10.6. The van der Waals surface area contributed by atoms with Crippen LogP contribution >= 0.6 is 11.6 Å². The Kier molecular flexibility index (Phi) is 5.93. The molecule has 2 aromatic heterocycles. The first-order valence-corrected chi connectivity index (χ1v) is 8.08. The Hall–Kier alpha value is -2.40. The van der Waals surface area contributed by atoms with Crippen LogP contribution in [0.25, 0.3) is 22.8 Å². The predicted octanol–water partition coefficient (Wildman–Crippen LogP) is 5.10. The Labute approximate surface area is 146 Å². The van der Waals surface area contributed by atoms with Crippen LogP contribution in [0.15, 0.2) is 34.9 Å². The number of hydrogen-bond acceptors (Lipinski definition) is 5. The molecule has 3 rings (SSSR count). The van der Waals surface area contributed by atoms with Gasteiger partial charge in [-0.25, -0.2) is 4.98 Å². The lowest BCUT2D eigenvalue weighted by molar-refractivity contribution is 0.411. The van der Waals surface area contributed by atoms with Gasteiger partial charge in [-0.1, -0.05) is 42.7 Å². The summed E-state index contributed by atoms with van der Waals surface area (Å²) in [4.78, 5) is 8.53. The topological polar surface area (TPSA) is 61.0 Å². The molecule has 0 spiro atoms. The van der Waals surface area contributed by atoms with Gasteiger partial charge in [0.15, 0.2) is 0 Å². The highest BCUT2D eigenvalue weighted by molar-refractivity contribution is 6.29. The molecule has 0 N–H and O–H groups in total. The Balaban J connectivity index is 0.00000100. The largest absolute Gasteiger partial charge is 0.496 e. The van der Waals surface area contributed by atoms with E-state index in [1.807, 2.05) is 52.0 Å². The van der Waals surface area contributed by atoms with E-state index >= 15 is 0 Å². The average molecular weight is 346 g/mol. The molecule has 6 heteroatoms. The van der Waals surface area contributed by atoms with Crippen LogP contribution in [0.3, 0.4) is 0 Å². The van der Waals surface area contributed by atoms with Gasteiger partial charge in [-0.15, -0.1) is 0 Å². The molecule has 0 radical (unpaired) electrons. The summed E-state index contributed by atoms with van der Waals surface area (Å²) in [5.41, 5.74) is 3.41. The smallest absolute Gasteiger partial charge is 0.258 e. The van der Waals surface area contributed by atoms with Gasteiger partial charge in [0, 0.05) is 16.8 Å². The summed E-state index contributed by atoms with van der Waals surface area (Å²) in [5, 5.41) is 4.42. The van der Waals surface area contributed by atoms with E-state index in [1.165, 1.54) is 0 Å². The van der Waals surface area contributed by atoms with Crippen molar-refractivity contribution in [1.29, 1.82) is 0 Å². The standard InChI is InChI=1S/C16H14ClN3O2.C2H6/c1-9-4-5-11(7-13(9)21-3)15-19-16(22-20-15)12-6-10(2)18-14(17)8-12;1-2/h4-8H,1-3H3;1-2H3. The number of pyridine rings is 1. The highest BCUT2D eigenvalue weighted by Crippen LogP contribution is 2.27. The van der Waals surface area contributed by atoms with Crippen LogP contribution in [0.5, 0.6) is 5.75 Å². The van der Waals surface area contributed by atoms with Crippen molar-refractivity contribution in [2.24, 2.45) is 0 Å². The van der Waals surface area contributed by atoms with Crippen molar-refractivity contribution in [3.8, 4) is 28.6 Å². The molecule has 5 nitrogen and oxygen atoms in total. The van der Waals surface area contributed by atoms with Crippen molar-refractivity contribution in [2.45, 2.75) is 27.7 Å². The molecule has 3 aromatic rings. The lowest BCUT2D eigenvalue weighted by atomic mass is 10.1. The highest BCUT2D eigenvalue weighted by Gasteiger charge is 2.13. The Morgan fingerprint density at radius 1 is 1.00 bits per heavy atom. The van der Waals surface area contributed by atoms with Crippen molar-refractivity contribution in [3.05, 3.63) is 46.7 Å². The van der Waals surface area contributed by atoms with Gasteiger partial charge < -0.3 is 9.26 Å². The number of halogens is 1. The summed E-state index contributed by atoms with van der Waals surface area (Å²) >= 11 is 5.96. The number of nitrogens with zero attached hydrogens (tertiary/aromatic N) is 3. The van der Waals surface area contributed by atoms with Gasteiger partial charge in [0.2, 0.25) is 5.82 Å². The molecule has 0 saturated carbocycles. The van der Waals surface area contributed by atoms with E-state index in [9.17, 15) is 0 Å². The van der Waals surface area contributed by atoms with Crippen molar-refractivity contribution in [2.75, 3.05) is 7.11 Å². The van der Waals surface area contributed by atoms with E-state index < -0.39 is 0 Å². The third-order valence-corrected chi connectivity index (χ3v) is 3.46. The average Bonchev–Trinajstić information content (AvgIpc) is 3.06. The fourth-order valence-corrected chi connectivity index (χ4v) is 2.42. The molecule has 0 fully saturated rings. The molecule has 0 saturated heterocycles. The molecular formula is C18H20ClN3O2. The van der Waals surface area contributed by atoms with Crippen molar-refractivity contribution in [3.63, 3.8) is 0 Å². The molecule has 2 heterocycles. The van der Waals surface area contributed by atoms with Crippen LogP contribution in [0, 0.1) is 13.8 Å². The number of rotatable bonds is 3. The van der Waals surface area contributed by atoms with Crippen LogP contribution in [0.2, 0.25) is 5.15 Å². The van der Waals surface area contributed by atoms with Gasteiger partial charge in [-0.3, -0.25) is 0 Å². The van der Waals surface area contributed by atoms with Crippen LogP contribution in [0.4, 0.5) is 0 Å². The lowest BCUT2D eigenvalue weighted by Gasteiger charge is -2.04. The van der Waals surface area contributed by atoms with Gasteiger partial charge >= 0.3 is 0 Å². The van der Waals surface area contributed by atoms with Crippen LogP contribution in [0.1, 0.15) is 25.1 Å². The second-order valence-corrected chi connectivity index (χ2v) is 5.31. The fourth-order valence-electron chi connectivity index (χ4n) is 2.17. The summed E-state index contributed by atoms with van der Waals surface area (Å²) in [6.45, 7) is 7.84. The SMILES string of the molecule is CC.COc1cc(-c2noc(-c3cc(C)nc(Cl)c3)n2)ccc1C. The van der Waals surface area contributed by atoms with Crippen molar-refractivity contribution in [1.82, 2.24) is 15.1 Å². The number of methoxy groups -OCH3 is 1. The van der Waals surface area contributed by atoms with E-state index in [2.05, 4.69) is 15.1 Å². The third kappa shape index (κ3) is 3.92. The lowest BCUT2D eigenvalue weighted by Crippen LogP contribution is -1.89. The zero-order valence-electron chi connectivity index (χ0n) is 14.4. The summed E-state index contributed by atoms with van der Waals surface area (Å²) in [6, 6.07) is 9.31. The number of aromatic nitrogens is 3. The van der Waals surface area contributed by atoms with E-state index in [0.29, 0.717) is 16.9 Å². The molecule has 24 heavy (non-hydrogen) atoms. The minimum Gasteiger partial charge on any atom is -0.496 e.